The normalized spacial score (nSPS) is 15.2. The Labute approximate surface area is 160 Å². The minimum Gasteiger partial charge on any atom is -0.494 e. The van der Waals surface area contributed by atoms with E-state index >= 15 is 0 Å². The summed E-state index contributed by atoms with van der Waals surface area (Å²) in [5, 5.41) is 2.45. The van der Waals surface area contributed by atoms with Crippen molar-refractivity contribution in [1.29, 1.82) is 0 Å². The van der Waals surface area contributed by atoms with Crippen LogP contribution in [0.2, 0.25) is 0 Å². The topological polar surface area (TPSA) is 15.7 Å². The minimum absolute atomic E-state index is 0.177. The lowest BCUT2D eigenvalue weighted by Crippen LogP contribution is -2.46. The second-order valence-electron chi connectivity index (χ2n) is 7.02. The fourth-order valence-electron chi connectivity index (χ4n) is 3.62. The number of hydrogen-bond acceptors (Lipinski definition) is 3. The smallest absolute Gasteiger partial charge is 0.123 e. The zero-order chi connectivity index (χ0) is 18.5. The van der Waals surface area contributed by atoms with E-state index in [2.05, 4.69) is 46.2 Å². The van der Waals surface area contributed by atoms with Gasteiger partial charge in [-0.25, -0.2) is 4.39 Å². The third kappa shape index (κ3) is 4.58. The molecular formula is C23H25FN2O. The van der Waals surface area contributed by atoms with E-state index in [1.54, 1.807) is 0 Å². The lowest BCUT2D eigenvalue weighted by molar-refractivity contribution is 0.225. The van der Waals surface area contributed by atoms with Gasteiger partial charge in [-0.3, -0.25) is 4.90 Å². The summed E-state index contributed by atoms with van der Waals surface area (Å²) in [6.45, 7) is 5.82. The molecule has 0 radical (unpaired) electrons. The Balaban J connectivity index is 1.19. The molecule has 1 aliphatic heterocycles. The second kappa shape index (κ2) is 8.40. The van der Waals surface area contributed by atoms with E-state index < -0.39 is 0 Å². The van der Waals surface area contributed by atoms with Gasteiger partial charge in [-0.05, 0) is 53.6 Å². The van der Waals surface area contributed by atoms with E-state index in [0.29, 0.717) is 0 Å². The summed E-state index contributed by atoms with van der Waals surface area (Å²) in [4.78, 5) is 4.80. The van der Waals surface area contributed by atoms with Gasteiger partial charge < -0.3 is 9.64 Å². The quantitative estimate of drug-likeness (QED) is 0.596. The SMILES string of the molecule is Fc1ccc(N2CCN(CCCOc3ccc4ccccc4c3)CC2)cc1. The van der Waals surface area contributed by atoms with Crippen molar-refractivity contribution in [2.24, 2.45) is 0 Å². The maximum Gasteiger partial charge on any atom is 0.123 e. The van der Waals surface area contributed by atoms with Crippen LogP contribution in [0.5, 0.6) is 5.75 Å². The zero-order valence-corrected chi connectivity index (χ0v) is 15.5. The van der Waals surface area contributed by atoms with Gasteiger partial charge in [0, 0.05) is 38.4 Å². The van der Waals surface area contributed by atoms with Crippen molar-refractivity contribution in [1.82, 2.24) is 4.90 Å². The van der Waals surface area contributed by atoms with Gasteiger partial charge in [0.2, 0.25) is 0 Å². The molecule has 3 aromatic carbocycles. The number of rotatable bonds is 6. The number of nitrogens with zero attached hydrogens (tertiary/aromatic N) is 2. The Morgan fingerprint density at radius 3 is 2.33 bits per heavy atom. The first-order valence-corrected chi connectivity index (χ1v) is 9.62. The molecule has 1 heterocycles. The van der Waals surface area contributed by atoms with E-state index in [1.807, 2.05) is 18.2 Å². The molecule has 0 spiro atoms. The maximum atomic E-state index is 13.0. The van der Waals surface area contributed by atoms with Gasteiger partial charge in [-0.1, -0.05) is 30.3 Å². The van der Waals surface area contributed by atoms with E-state index in [-0.39, 0.29) is 5.82 Å². The number of ether oxygens (including phenoxy) is 1. The standard InChI is InChI=1S/C23H25FN2O/c24-21-7-9-22(10-8-21)26-15-13-25(14-16-26)12-3-17-27-23-11-6-19-4-1-2-5-20(19)18-23/h1-2,4-11,18H,3,12-17H2. The van der Waals surface area contributed by atoms with Crippen LogP contribution in [0.25, 0.3) is 10.8 Å². The van der Waals surface area contributed by atoms with Crippen molar-refractivity contribution in [3.05, 3.63) is 72.5 Å². The van der Waals surface area contributed by atoms with E-state index in [9.17, 15) is 4.39 Å². The molecule has 140 valence electrons. The van der Waals surface area contributed by atoms with Gasteiger partial charge in [-0.2, -0.15) is 0 Å². The number of anilines is 1. The van der Waals surface area contributed by atoms with Gasteiger partial charge in [0.05, 0.1) is 6.61 Å². The number of benzene rings is 3. The van der Waals surface area contributed by atoms with Crippen LogP contribution in [0.3, 0.4) is 0 Å². The molecule has 0 amide bonds. The average Bonchev–Trinajstić information content (AvgIpc) is 2.72. The van der Waals surface area contributed by atoms with Gasteiger partial charge in [-0.15, -0.1) is 0 Å². The predicted octanol–water partition coefficient (Wildman–Crippen LogP) is 4.57. The van der Waals surface area contributed by atoms with Gasteiger partial charge in [0.15, 0.2) is 0 Å². The van der Waals surface area contributed by atoms with Crippen molar-refractivity contribution in [3.8, 4) is 5.75 Å². The third-order valence-electron chi connectivity index (χ3n) is 5.17. The summed E-state index contributed by atoms with van der Waals surface area (Å²) in [5.74, 6) is 0.763. The highest BCUT2D eigenvalue weighted by atomic mass is 19.1. The molecular weight excluding hydrogens is 339 g/mol. The van der Waals surface area contributed by atoms with Gasteiger partial charge in [0.25, 0.3) is 0 Å². The van der Waals surface area contributed by atoms with Crippen molar-refractivity contribution in [3.63, 3.8) is 0 Å². The highest BCUT2D eigenvalue weighted by Crippen LogP contribution is 2.21. The van der Waals surface area contributed by atoms with E-state index in [0.717, 1.165) is 57.2 Å². The molecule has 0 aromatic heterocycles. The van der Waals surface area contributed by atoms with Crippen LogP contribution in [-0.4, -0.2) is 44.2 Å². The molecule has 0 saturated carbocycles. The summed E-state index contributed by atoms with van der Waals surface area (Å²) < 4.78 is 19.0. The molecule has 1 fully saturated rings. The maximum absolute atomic E-state index is 13.0. The first-order chi connectivity index (χ1) is 13.3. The lowest BCUT2D eigenvalue weighted by atomic mass is 10.1. The van der Waals surface area contributed by atoms with Crippen molar-refractivity contribution < 1.29 is 9.13 Å². The summed E-state index contributed by atoms with van der Waals surface area (Å²) in [7, 11) is 0. The predicted molar refractivity (Wildman–Crippen MR) is 109 cm³/mol. The van der Waals surface area contributed by atoms with Crippen LogP contribution in [0.15, 0.2) is 66.7 Å². The Bertz CT molecular complexity index is 873. The van der Waals surface area contributed by atoms with E-state index in [4.69, 9.17) is 4.74 Å². The molecule has 1 aliphatic rings. The molecule has 3 nitrogen and oxygen atoms in total. The zero-order valence-electron chi connectivity index (χ0n) is 15.5. The van der Waals surface area contributed by atoms with Gasteiger partial charge >= 0.3 is 0 Å². The van der Waals surface area contributed by atoms with Crippen LogP contribution in [-0.2, 0) is 0 Å². The molecule has 4 rings (SSSR count). The Morgan fingerprint density at radius 2 is 1.56 bits per heavy atom. The van der Waals surface area contributed by atoms with Crippen LogP contribution >= 0.6 is 0 Å². The lowest BCUT2D eigenvalue weighted by Gasteiger charge is -2.36. The Hall–Kier alpha value is -2.59. The van der Waals surface area contributed by atoms with Crippen LogP contribution in [0, 0.1) is 5.82 Å². The summed E-state index contributed by atoms with van der Waals surface area (Å²) in [5.41, 5.74) is 1.11. The highest BCUT2D eigenvalue weighted by molar-refractivity contribution is 5.83. The van der Waals surface area contributed by atoms with Gasteiger partial charge in [0.1, 0.15) is 11.6 Å². The molecule has 27 heavy (non-hydrogen) atoms. The largest absolute Gasteiger partial charge is 0.494 e. The Morgan fingerprint density at radius 1 is 0.815 bits per heavy atom. The monoisotopic (exact) mass is 364 g/mol. The molecule has 4 heteroatoms. The molecule has 3 aromatic rings. The fourth-order valence-corrected chi connectivity index (χ4v) is 3.62. The second-order valence-corrected chi connectivity index (χ2v) is 7.02. The summed E-state index contributed by atoms with van der Waals surface area (Å²) in [6.07, 6.45) is 1.02. The first kappa shape index (κ1) is 17.8. The molecule has 0 N–H and O–H groups in total. The average molecular weight is 364 g/mol. The van der Waals surface area contributed by atoms with Crippen LogP contribution in [0.1, 0.15) is 6.42 Å². The summed E-state index contributed by atoms with van der Waals surface area (Å²) in [6, 6.07) is 21.4. The molecule has 1 saturated heterocycles. The van der Waals surface area contributed by atoms with E-state index in [1.165, 1.54) is 22.9 Å². The van der Waals surface area contributed by atoms with Crippen molar-refractivity contribution >= 4 is 16.5 Å². The molecule has 0 atom stereocenters. The highest BCUT2D eigenvalue weighted by Gasteiger charge is 2.16. The van der Waals surface area contributed by atoms with Crippen LogP contribution in [0.4, 0.5) is 10.1 Å². The number of piperazine rings is 1. The number of halogens is 1. The third-order valence-corrected chi connectivity index (χ3v) is 5.17. The molecule has 0 bridgehead atoms. The Kier molecular flexibility index (Phi) is 5.54. The number of hydrogen-bond donors (Lipinski definition) is 0. The minimum atomic E-state index is -0.177. The van der Waals surface area contributed by atoms with Crippen molar-refractivity contribution in [2.45, 2.75) is 6.42 Å². The summed E-state index contributed by atoms with van der Waals surface area (Å²) >= 11 is 0. The van der Waals surface area contributed by atoms with Crippen molar-refractivity contribution in [2.75, 3.05) is 44.2 Å². The first-order valence-electron chi connectivity index (χ1n) is 9.62. The molecule has 0 aliphatic carbocycles. The number of fused-ring (bicyclic) bond motifs is 1. The van der Waals surface area contributed by atoms with Crippen LogP contribution < -0.4 is 9.64 Å². The molecule has 0 unspecified atom stereocenters. The fraction of sp³-hybridized carbons (Fsp3) is 0.304.